The topological polar surface area (TPSA) is 150 Å². The number of amides is 1. The molecule has 2 unspecified atom stereocenters. The van der Waals surface area contributed by atoms with E-state index in [1.165, 1.54) is 12.4 Å². The van der Waals surface area contributed by atoms with Crippen LogP contribution in [0, 0.1) is 11.3 Å². The van der Waals surface area contributed by atoms with Gasteiger partial charge in [-0.2, -0.15) is 5.26 Å². The fourth-order valence-corrected chi connectivity index (χ4v) is 2.71. The van der Waals surface area contributed by atoms with Gasteiger partial charge >= 0.3 is 0 Å². The number of rotatable bonds is 8. The fraction of sp³-hybridized carbons (Fsp3) is 0.474. The molecule has 0 aromatic carbocycles. The zero-order chi connectivity index (χ0) is 21.3. The maximum atomic E-state index is 12.7. The molecule has 2 atom stereocenters. The summed E-state index contributed by atoms with van der Waals surface area (Å²) in [4.78, 5) is 20.7. The van der Waals surface area contributed by atoms with E-state index in [1.807, 2.05) is 19.9 Å². The van der Waals surface area contributed by atoms with E-state index in [1.54, 1.807) is 6.07 Å². The second-order valence-corrected chi connectivity index (χ2v) is 6.88. The van der Waals surface area contributed by atoms with Crippen LogP contribution >= 0.6 is 0 Å². The summed E-state index contributed by atoms with van der Waals surface area (Å²) in [5, 5.41) is 29.4. The number of carbonyl (C=O) groups is 1. The maximum Gasteiger partial charge on any atom is 0.274 e. The second kappa shape index (κ2) is 10.4. The van der Waals surface area contributed by atoms with Crippen LogP contribution in [-0.2, 0) is 4.74 Å². The van der Waals surface area contributed by atoms with Gasteiger partial charge in [0.2, 0.25) is 0 Å². The highest BCUT2D eigenvalue weighted by molar-refractivity contribution is 5.98. The van der Waals surface area contributed by atoms with Gasteiger partial charge < -0.3 is 26.0 Å². The zero-order valence-electron chi connectivity index (χ0n) is 17.0. The number of hydrogen-bond acceptors (Lipinski definition) is 10. The molecule has 0 radical (unpaired) electrons. The third-order valence-electron chi connectivity index (χ3n) is 4.55. The van der Waals surface area contributed by atoms with Crippen molar-refractivity contribution in [2.75, 3.05) is 36.9 Å². The lowest BCUT2D eigenvalue weighted by atomic mass is 10.2. The van der Waals surface area contributed by atoms with Gasteiger partial charge in [0.15, 0.2) is 17.2 Å². The SMILES string of the molecule is CCC(C)NC(=O)c1nnc(Nc2cnc(C#N)cn2)cc1NCC1CNCCO1. The van der Waals surface area contributed by atoms with Crippen molar-refractivity contribution >= 4 is 23.2 Å². The number of carbonyl (C=O) groups excluding carboxylic acids is 1. The van der Waals surface area contributed by atoms with Gasteiger partial charge in [-0.1, -0.05) is 6.92 Å². The molecule has 3 heterocycles. The molecule has 4 N–H and O–H groups in total. The summed E-state index contributed by atoms with van der Waals surface area (Å²) in [6.07, 6.45) is 3.58. The zero-order valence-corrected chi connectivity index (χ0v) is 17.0. The van der Waals surface area contributed by atoms with Crippen molar-refractivity contribution in [3.05, 3.63) is 29.8 Å². The van der Waals surface area contributed by atoms with Crippen molar-refractivity contribution in [2.24, 2.45) is 0 Å². The standard InChI is InChI=1S/C19H25N9O2/c1-3-12(2)25-19(29)18-15(23-10-14-9-21-4-5-30-14)6-16(27-28-18)26-17-11-22-13(7-20)8-24-17/h6,8,11-12,14,21H,3-5,9-10H2,1-2H3,(H,25,29)(H2,23,24,26,27). The summed E-state index contributed by atoms with van der Waals surface area (Å²) in [7, 11) is 0. The van der Waals surface area contributed by atoms with Gasteiger partial charge in [-0.05, 0) is 13.3 Å². The molecule has 30 heavy (non-hydrogen) atoms. The Balaban J connectivity index is 1.78. The van der Waals surface area contributed by atoms with E-state index in [0.717, 1.165) is 19.5 Å². The van der Waals surface area contributed by atoms with E-state index in [-0.39, 0.29) is 29.4 Å². The first-order chi connectivity index (χ1) is 14.6. The van der Waals surface area contributed by atoms with E-state index in [4.69, 9.17) is 10.00 Å². The quantitative estimate of drug-likeness (QED) is 0.491. The molecule has 0 spiro atoms. The second-order valence-electron chi connectivity index (χ2n) is 6.88. The minimum Gasteiger partial charge on any atom is -0.380 e. The molecule has 1 aliphatic heterocycles. The van der Waals surface area contributed by atoms with Crippen molar-refractivity contribution in [3.8, 4) is 6.07 Å². The average Bonchev–Trinajstić information content (AvgIpc) is 2.78. The summed E-state index contributed by atoms with van der Waals surface area (Å²) < 4.78 is 5.71. The number of hydrogen-bond donors (Lipinski definition) is 4. The summed E-state index contributed by atoms with van der Waals surface area (Å²) >= 11 is 0. The molecule has 2 aromatic rings. The Morgan fingerprint density at radius 1 is 1.37 bits per heavy atom. The third kappa shape index (κ3) is 5.82. The molecule has 1 saturated heterocycles. The molecular formula is C19H25N9O2. The Kier molecular flexibility index (Phi) is 7.42. The Morgan fingerprint density at radius 2 is 2.23 bits per heavy atom. The molecule has 158 valence electrons. The lowest BCUT2D eigenvalue weighted by Gasteiger charge is -2.24. The van der Waals surface area contributed by atoms with Crippen molar-refractivity contribution < 1.29 is 9.53 Å². The molecule has 11 nitrogen and oxygen atoms in total. The van der Waals surface area contributed by atoms with Gasteiger partial charge in [0.25, 0.3) is 5.91 Å². The number of ether oxygens (including phenoxy) is 1. The van der Waals surface area contributed by atoms with E-state index >= 15 is 0 Å². The van der Waals surface area contributed by atoms with Crippen molar-refractivity contribution in [1.82, 2.24) is 30.8 Å². The molecule has 1 aliphatic rings. The van der Waals surface area contributed by atoms with Crippen molar-refractivity contribution in [1.29, 1.82) is 5.26 Å². The van der Waals surface area contributed by atoms with Gasteiger partial charge in [0.1, 0.15) is 11.9 Å². The van der Waals surface area contributed by atoms with E-state index in [9.17, 15) is 4.79 Å². The fourth-order valence-electron chi connectivity index (χ4n) is 2.71. The average molecular weight is 411 g/mol. The maximum absolute atomic E-state index is 12.7. The van der Waals surface area contributed by atoms with E-state index < -0.39 is 0 Å². The highest BCUT2D eigenvalue weighted by Gasteiger charge is 2.19. The Hall–Kier alpha value is -3.36. The van der Waals surface area contributed by atoms with Crippen molar-refractivity contribution in [3.63, 3.8) is 0 Å². The molecule has 1 amide bonds. The van der Waals surface area contributed by atoms with Crippen LogP contribution in [-0.4, -0.2) is 64.5 Å². The number of anilines is 3. The predicted molar refractivity (Wildman–Crippen MR) is 110 cm³/mol. The lowest BCUT2D eigenvalue weighted by molar-refractivity contribution is 0.0372. The molecule has 0 bridgehead atoms. The smallest absolute Gasteiger partial charge is 0.274 e. The van der Waals surface area contributed by atoms with Crippen LogP contribution in [0.5, 0.6) is 0 Å². The van der Waals surface area contributed by atoms with Crippen LogP contribution < -0.4 is 21.3 Å². The van der Waals surface area contributed by atoms with Crippen molar-refractivity contribution in [2.45, 2.75) is 32.4 Å². The summed E-state index contributed by atoms with van der Waals surface area (Å²) in [5.74, 6) is 0.497. The van der Waals surface area contributed by atoms with Crippen LogP contribution in [0.4, 0.5) is 17.3 Å². The Labute approximate surface area is 174 Å². The van der Waals surface area contributed by atoms with Crippen LogP contribution in [0.25, 0.3) is 0 Å². The summed E-state index contributed by atoms with van der Waals surface area (Å²) in [6, 6.07) is 3.62. The van der Waals surface area contributed by atoms with Gasteiger partial charge in [0.05, 0.1) is 30.8 Å². The molecule has 3 rings (SSSR count). The largest absolute Gasteiger partial charge is 0.380 e. The lowest BCUT2D eigenvalue weighted by Crippen LogP contribution is -2.42. The Morgan fingerprint density at radius 3 is 2.90 bits per heavy atom. The first kappa shape index (κ1) is 21.4. The van der Waals surface area contributed by atoms with Gasteiger partial charge in [-0.15, -0.1) is 10.2 Å². The monoisotopic (exact) mass is 411 g/mol. The molecule has 0 saturated carbocycles. The number of aromatic nitrogens is 4. The summed E-state index contributed by atoms with van der Waals surface area (Å²) in [6.45, 7) is 6.64. The number of nitriles is 1. The van der Waals surface area contributed by atoms with Gasteiger partial charge in [0, 0.05) is 31.7 Å². The number of morpholine rings is 1. The highest BCUT2D eigenvalue weighted by atomic mass is 16.5. The molecule has 1 fully saturated rings. The summed E-state index contributed by atoms with van der Waals surface area (Å²) in [5.41, 5.74) is 0.951. The normalized spacial score (nSPS) is 16.9. The minimum absolute atomic E-state index is 0.0156. The first-order valence-corrected chi connectivity index (χ1v) is 9.83. The van der Waals surface area contributed by atoms with E-state index in [2.05, 4.69) is 41.4 Å². The van der Waals surface area contributed by atoms with Crippen LogP contribution in [0.2, 0.25) is 0 Å². The molecule has 11 heteroatoms. The number of nitrogens with zero attached hydrogens (tertiary/aromatic N) is 5. The molecule has 0 aliphatic carbocycles. The van der Waals surface area contributed by atoms with Gasteiger partial charge in [-0.25, -0.2) is 9.97 Å². The Bertz CT molecular complexity index is 892. The van der Waals surface area contributed by atoms with Crippen LogP contribution in [0.3, 0.4) is 0 Å². The first-order valence-electron chi connectivity index (χ1n) is 9.83. The predicted octanol–water partition coefficient (Wildman–Crippen LogP) is 0.810. The van der Waals surface area contributed by atoms with E-state index in [0.29, 0.717) is 30.5 Å². The minimum atomic E-state index is -0.299. The number of nitrogens with one attached hydrogen (secondary N) is 4. The van der Waals surface area contributed by atoms with Crippen LogP contribution in [0.15, 0.2) is 18.5 Å². The molecule has 2 aromatic heterocycles. The molecular weight excluding hydrogens is 386 g/mol. The van der Waals surface area contributed by atoms with Gasteiger partial charge in [-0.3, -0.25) is 4.79 Å². The third-order valence-corrected chi connectivity index (χ3v) is 4.55. The highest BCUT2D eigenvalue weighted by Crippen LogP contribution is 2.19. The van der Waals surface area contributed by atoms with Crippen LogP contribution in [0.1, 0.15) is 36.5 Å².